The van der Waals surface area contributed by atoms with Crippen LogP contribution in [0.1, 0.15) is 17.3 Å². The minimum atomic E-state index is -3.60. The predicted octanol–water partition coefficient (Wildman–Crippen LogP) is 2.75. The number of oxazole rings is 1. The number of benzene rings is 1. The Morgan fingerprint density at radius 2 is 1.62 bits per heavy atom. The van der Waals surface area contributed by atoms with Gasteiger partial charge in [-0.25, -0.2) is 28.1 Å². The number of piperazine rings is 1. The molecule has 4 aromatic rings. The summed E-state index contributed by atoms with van der Waals surface area (Å²) in [7, 11) is -3.60. The van der Waals surface area contributed by atoms with Crippen molar-refractivity contribution in [3.8, 4) is 17.1 Å². The van der Waals surface area contributed by atoms with Gasteiger partial charge in [0.15, 0.2) is 11.7 Å². The van der Waals surface area contributed by atoms with Crippen molar-refractivity contribution in [1.29, 1.82) is 0 Å². The van der Waals surface area contributed by atoms with E-state index in [1.807, 2.05) is 26.0 Å². The van der Waals surface area contributed by atoms with E-state index in [4.69, 9.17) is 4.42 Å². The van der Waals surface area contributed by atoms with Crippen LogP contribution in [0.5, 0.6) is 0 Å². The molecule has 176 valence electrons. The third-order valence-corrected chi connectivity index (χ3v) is 7.75. The molecule has 0 saturated carbocycles. The van der Waals surface area contributed by atoms with Gasteiger partial charge in [-0.15, -0.1) is 0 Å². The van der Waals surface area contributed by atoms with Crippen molar-refractivity contribution >= 4 is 15.8 Å². The molecule has 1 aromatic carbocycles. The Labute approximate surface area is 197 Å². The van der Waals surface area contributed by atoms with E-state index in [0.717, 1.165) is 22.8 Å². The zero-order valence-corrected chi connectivity index (χ0v) is 20.0. The summed E-state index contributed by atoms with van der Waals surface area (Å²) >= 11 is 0. The van der Waals surface area contributed by atoms with Gasteiger partial charge in [0.2, 0.25) is 10.0 Å². The fourth-order valence-electron chi connectivity index (χ4n) is 4.09. The molecule has 0 atom stereocenters. The zero-order valence-electron chi connectivity index (χ0n) is 19.2. The van der Waals surface area contributed by atoms with Crippen molar-refractivity contribution < 1.29 is 12.8 Å². The van der Waals surface area contributed by atoms with Crippen molar-refractivity contribution in [2.75, 3.05) is 31.1 Å². The first-order valence-corrected chi connectivity index (χ1v) is 12.4. The van der Waals surface area contributed by atoms with Crippen LogP contribution in [0.3, 0.4) is 0 Å². The summed E-state index contributed by atoms with van der Waals surface area (Å²) in [6.45, 7) is 7.48. The molecule has 0 bridgehead atoms. The number of nitrogens with zero attached hydrogens (tertiary/aromatic N) is 7. The van der Waals surface area contributed by atoms with Gasteiger partial charge in [-0.1, -0.05) is 12.1 Å². The smallest absolute Gasteiger partial charge is 0.243 e. The second-order valence-electron chi connectivity index (χ2n) is 8.24. The van der Waals surface area contributed by atoms with Crippen molar-refractivity contribution in [2.24, 2.45) is 0 Å². The van der Waals surface area contributed by atoms with Gasteiger partial charge in [0.1, 0.15) is 24.1 Å². The van der Waals surface area contributed by atoms with Crippen LogP contribution in [-0.2, 0) is 10.0 Å². The number of sulfonamides is 1. The summed E-state index contributed by atoms with van der Waals surface area (Å²) in [5, 5.41) is 4.48. The quantitative estimate of drug-likeness (QED) is 0.430. The van der Waals surface area contributed by atoms with E-state index >= 15 is 0 Å². The molecule has 3 aromatic heterocycles. The van der Waals surface area contributed by atoms with E-state index in [1.54, 1.807) is 42.1 Å². The predicted molar refractivity (Wildman–Crippen MR) is 126 cm³/mol. The second-order valence-corrected chi connectivity index (χ2v) is 10.2. The van der Waals surface area contributed by atoms with Crippen molar-refractivity contribution in [1.82, 2.24) is 29.0 Å². The second kappa shape index (κ2) is 8.65. The zero-order chi connectivity index (χ0) is 23.9. The van der Waals surface area contributed by atoms with E-state index in [1.165, 1.54) is 10.6 Å². The van der Waals surface area contributed by atoms with Crippen LogP contribution in [0.25, 0.3) is 17.1 Å². The first kappa shape index (κ1) is 22.2. The summed E-state index contributed by atoms with van der Waals surface area (Å²) in [5.74, 6) is 2.00. The summed E-state index contributed by atoms with van der Waals surface area (Å²) in [5.41, 5.74) is 3.39. The third-order valence-electron chi connectivity index (χ3n) is 5.83. The molecular formula is C23H25N7O3S. The van der Waals surface area contributed by atoms with Gasteiger partial charge < -0.3 is 9.32 Å². The van der Waals surface area contributed by atoms with Gasteiger partial charge in [0.25, 0.3) is 0 Å². The third kappa shape index (κ3) is 4.19. The largest absolute Gasteiger partial charge is 0.449 e. The van der Waals surface area contributed by atoms with Gasteiger partial charge >= 0.3 is 0 Å². The lowest BCUT2D eigenvalue weighted by molar-refractivity contribution is 0.383. The number of rotatable bonds is 5. The average Bonchev–Trinajstić information content (AvgIpc) is 3.43. The minimum absolute atomic E-state index is 0.263. The summed E-state index contributed by atoms with van der Waals surface area (Å²) in [6, 6.07) is 10.6. The van der Waals surface area contributed by atoms with Gasteiger partial charge in [0.05, 0.1) is 10.6 Å². The number of anilines is 1. The van der Waals surface area contributed by atoms with E-state index in [0.29, 0.717) is 43.6 Å². The standard InChI is InChI=1S/C23H25N7O3S/c1-16-12-17(2)30(27-16)23-13-22(24-15-25-23)28-8-10-29(11-9-28)34(31,32)20-6-4-19(5-7-20)21-14-33-18(3)26-21/h4-7,12-15H,8-11H2,1-3H3. The Bertz CT molecular complexity index is 1420. The highest BCUT2D eigenvalue weighted by Gasteiger charge is 2.29. The molecule has 10 nitrogen and oxygen atoms in total. The van der Waals surface area contributed by atoms with Crippen LogP contribution >= 0.6 is 0 Å². The van der Waals surface area contributed by atoms with Crippen molar-refractivity contribution in [3.05, 3.63) is 66.3 Å². The fourth-order valence-corrected chi connectivity index (χ4v) is 5.51. The van der Waals surface area contributed by atoms with Crippen molar-refractivity contribution in [2.45, 2.75) is 25.7 Å². The lowest BCUT2D eigenvalue weighted by atomic mass is 10.2. The first-order valence-electron chi connectivity index (χ1n) is 10.9. The van der Waals surface area contributed by atoms with Crippen LogP contribution in [-0.4, -0.2) is 63.6 Å². The molecule has 4 heterocycles. The molecule has 1 saturated heterocycles. The lowest BCUT2D eigenvalue weighted by Gasteiger charge is -2.34. The fraction of sp³-hybridized carbons (Fsp3) is 0.304. The molecule has 0 aliphatic carbocycles. The highest BCUT2D eigenvalue weighted by molar-refractivity contribution is 7.89. The molecule has 0 unspecified atom stereocenters. The average molecular weight is 480 g/mol. The van der Waals surface area contributed by atoms with E-state index in [2.05, 4.69) is 25.0 Å². The van der Waals surface area contributed by atoms with Gasteiger partial charge in [-0.2, -0.15) is 9.40 Å². The highest BCUT2D eigenvalue weighted by Crippen LogP contribution is 2.24. The van der Waals surface area contributed by atoms with Crippen LogP contribution < -0.4 is 4.90 Å². The molecule has 34 heavy (non-hydrogen) atoms. The molecule has 1 aliphatic heterocycles. The SMILES string of the molecule is Cc1cc(C)n(-c2cc(N3CCN(S(=O)(=O)c4ccc(-c5coc(C)n5)cc4)CC3)ncn2)n1. The molecule has 11 heteroatoms. The van der Waals surface area contributed by atoms with Crippen LogP contribution in [0.4, 0.5) is 5.82 Å². The Morgan fingerprint density at radius 3 is 2.24 bits per heavy atom. The monoisotopic (exact) mass is 479 g/mol. The van der Waals surface area contributed by atoms with Gasteiger partial charge in [0, 0.05) is 50.4 Å². The van der Waals surface area contributed by atoms with Crippen LogP contribution in [0.2, 0.25) is 0 Å². The maximum Gasteiger partial charge on any atom is 0.243 e. The molecule has 5 rings (SSSR count). The number of hydrogen-bond acceptors (Lipinski definition) is 8. The van der Waals surface area contributed by atoms with Gasteiger partial charge in [-0.05, 0) is 32.0 Å². The molecule has 0 amide bonds. The lowest BCUT2D eigenvalue weighted by Crippen LogP contribution is -2.48. The molecule has 0 radical (unpaired) electrons. The molecule has 0 spiro atoms. The van der Waals surface area contributed by atoms with E-state index in [9.17, 15) is 8.42 Å². The minimum Gasteiger partial charge on any atom is -0.449 e. The van der Waals surface area contributed by atoms with Crippen LogP contribution in [0.15, 0.2) is 58.3 Å². The number of hydrogen-bond donors (Lipinski definition) is 0. The van der Waals surface area contributed by atoms with E-state index < -0.39 is 10.0 Å². The number of aromatic nitrogens is 5. The Hall–Kier alpha value is -3.57. The molecule has 1 aliphatic rings. The molecule has 1 fully saturated rings. The Kier molecular flexibility index (Phi) is 5.66. The molecule has 0 N–H and O–H groups in total. The molecular weight excluding hydrogens is 454 g/mol. The summed E-state index contributed by atoms with van der Waals surface area (Å²) in [4.78, 5) is 15.4. The normalized spacial score (nSPS) is 15.1. The highest BCUT2D eigenvalue weighted by atomic mass is 32.2. The summed E-state index contributed by atoms with van der Waals surface area (Å²) < 4.78 is 34.9. The van der Waals surface area contributed by atoms with Gasteiger partial charge in [-0.3, -0.25) is 0 Å². The van der Waals surface area contributed by atoms with E-state index in [-0.39, 0.29) is 4.90 Å². The van der Waals surface area contributed by atoms with Crippen molar-refractivity contribution in [3.63, 3.8) is 0 Å². The maximum absolute atomic E-state index is 13.2. The number of aryl methyl sites for hydroxylation is 3. The maximum atomic E-state index is 13.2. The van der Waals surface area contributed by atoms with Crippen LogP contribution in [0, 0.1) is 20.8 Å². The Morgan fingerprint density at radius 1 is 0.912 bits per heavy atom. The topological polar surface area (TPSA) is 110 Å². The summed E-state index contributed by atoms with van der Waals surface area (Å²) in [6.07, 6.45) is 3.08. The Balaban J connectivity index is 1.28. The first-order chi connectivity index (χ1) is 16.3.